The normalized spacial score (nSPS) is 11.7. The molecule has 1 unspecified atom stereocenters. The molecule has 0 heterocycles. The molecule has 4 aromatic carbocycles. The number of aryl methyl sites for hydroxylation is 1. The number of ketones is 1. The van der Waals surface area contributed by atoms with Crippen molar-refractivity contribution in [1.82, 2.24) is 0 Å². The number of hydrogen-bond acceptors (Lipinski definition) is 4. The number of carbonyl (C=O) groups excluding carboxylic acids is 1. The molecule has 0 saturated carbocycles. The molecular weight excluding hydrogens is 462 g/mol. The van der Waals surface area contributed by atoms with Crippen LogP contribution < -0.4 is 10.1 Å². The number of hydrogen-bond donors (Lipinski definition) is 2. The lowest BCUT2D eigenvalue weighted by atomic mass is 9.97. The Bertz CT molecular complexity index is 1350. The molecule has 1 atom stereocenters. The maximum Gasteiger partial charge on any atom is 0.335 e. The third-order valence-electron chi connectivity index (χ3n) is 5.96. The van der Waals surface area contributed by atoms with Crippen LogP contribution in [0.1, 0.15) is 40.4 Å². The third-order valence-corrected chi connectivity index (χ3v) is 6.20. The summed E-state index contributed by atoms with van der Waals surface area (Å²) in [4.78, 5) is 24.1. The van der Waals surface area contributed by atoms with Gasteiger partial charge in [-0.2, -0.15) is 0 Å². The first-order chi connectivity index (χ1) is 16.9. The fraction of sp³-hybridized carbons (Fsp3) is 0.172. The molecule has 35 heavy (non-hydrogen) atoms. The first-order valence-corrected chi connectivity index (χ1v) is 11.7. The molecular formula is C29H26ClNO4. The number of carboxylic acid groups (broad SMARTS) is 1. The number of ether oxygens (including phenoxy) is 1. The zero-order chi connectivity index (χ0) is 24.8. The molecule has 0 bridgehead atoms. The summed E-state index contributed by atoms with van der Waals surface area (Å²) in [6.07, 6.45) is 1.35. The number of Topliss-reactive ketones (excluding diaryl/α,β-unsaturated/α-hetero) is 1. The Kier molecular flexibility index (Phi) is 7.68. The average Bonchev–Trinajstić information content (AvgIpc) is 2.87. The number of rotatable bonds is 10. The molecule has 0 saturated heterocycles. The van der Waals surface area contributed by atoms with Crippen molar-refractivity contribution >= 4 is 39.8 Å². The Morgan fingerprint density at radius 2 is 1.69 bits per heavy atom. The summed E-state index contributed by atoms with van der Waals surface area (Å²) in [5, 5.41) is 15.3. The van der Waals surface area contributed by atoms with E-state index in [2.05, 4.69) is 17.4 Å². The quantitative estimate of drug-likeness (QED) is 0.253. The van der Waals surface area contributed by atoms with Gasteiger partial charge in [0.05, 0.1) is 18.7 Å². The number of aromatic carboxylic acids is 1. The van der Waals surface area contributed by atoms with Crippen LogP contribution in [0, 0.1) is 0 Å². The Balaban J connectivity index is 1.45. The van der Waals surface area contributed by atoms with Crippen LogP contribution in [0.5, 0.6) is 5.75 Å². The second-order valence-corrected chi connectivity index (χ2v) is 8.86. The molecule has 2 N–H and O–H groups in total. The van der Waals surface area contributed by atoms with Gasteiger partial charge < -0.3 is 15.2 Å². The Morgan fingerprint density at radius 3 is 2.40 bits per heavy atom. The summed E-state index contributed by atoms with van der Waals surface area (Å²) in [5.74, 6) is -0.0389. The number of halogens is 1. The highest BCUT2D eigenvalue weighted by Gasteiger charge is 2.17. The highest BCUT2D eigenvalue weighted by molar-refractivity contribution is 6.30. The summed E-state index contributed by atoms with van der Waals surface area (Å²) >= 11 is 6.21. The van der Waals surface area contributed by atoms with Gasteiger partial charge in [0, 0.05) is 23.6 Å². The van der Waals surface area contributed by atoms with Crippen molar-refractivity contribution in [2.75, 3.05) is 12.4 Å². The first kappa shape index (κ1) is 24.3. The van der Waals surface area contributed by atoms with E-state index in [1.54, 1.807) is 25.3 Å². The summed E-state index contributed by atoms with van der Waals surface area (Å²) < 4.78 is 5.29. The second-order valence-electron chi connectivity index (χ2n) is 8.42. The van der Waals surface area contributed by atoms with Crippen LogP contribution in [-0.2, 0) is 11.2 Å². The number of benzene rings is 4. The van der Waals surface area contributed by atoms with Gasteiger partial charge in [-0.3, -0.25) is 4.79 Å². The predicted molar refractivity (Wildman–Crippen MR) is 140 cm³/mol. The van der Waals surface area contributed by atoms with Gasteiger partial charge in [-0.1, -0.05) is 48.0 Å². The van der Waals surface area contributed by atoms with Crippen molar-refractivity contribution in [1.29, 1.82) is 0 Å². The minimum atomic E-state index is -0.981. The Morgan fingerprint density at radius 1 is 0.943 bits per heavy atom. The smallest absolute Gasteiger partial charge is 0.335 e. The number of fused-ring (bicyclic) bond motifs is 1. The largest absolute Gasteiger partial charge is 0.497 e. The van der Waals surface area contributed by atoms with Crippen LogP contribution in [0.3, 0.4) is 0 Å². The van der Waals surface area contributed by atoms with Gasteiger partial charge in [0.25, 0.3) is 0 Å². The molecule has 0 aliphatic heterocycles. The molecule has 5 nitrogen and oxygen atoms in total. The van der Waals surface area contributed by atoms with Crippen LogP contribution in [-0.4, -0.2) is 24.0 Å². The number of carboxylic acids is 1. The molecule has 6 heteroatoms. The molecule has 0 fully saturated rings. The summed E-state index contributed by atoms with van der Waals surface area (Å²) in [6, 6.07) is 25.8. The van der Waals surface area contributed by atoms with Gasteiger partial charge in [0.1, 0.15) is 11.5 Å². The van der Waals surface area contributed by atoms with Gasteiger partial charge in [-0.15, -0.1) is 0 Å². The third kappa shape index (κ3) is 6.40. The maximum atomic E-state index is 13.0. The van der Waals surface area contributed by atoms with Crippen molar-refractivity contribution in [3.8, 4) is 5.75 Å². The standard InChI is InChI=1S/C29H26ClNO4/c1-35-27-14-10-21-15-19(5-7-22(21)17-27)6-13-26(32)18-28(23-3-2-4-24(30)16-23)31-25-11-8-20(9-12-25)29(33)34/h2-5,7-12,14-17,28,31H,6,13,18H2,1H3,(H,33,34). The lowest BCUT2D eigenvalue weighted by Gasteiger charge is -2.20. The van der Waals surface area contributed by atoms with Crippen LogP contribution >= 0.6 is 11.6 Å². The van der Waals surface area contributed by atoms with E-state index in [0.717, 1.165) is 33.3 Å². The minimum absolute atomic E-state index is 0.124. The van der Waals surface area contributed by atoms with E-state index in [0.29, 0.717) is 17.9 Å². The molecule has 0 amide bonds. The SMILES string of the molecule is COc1ccc2cc(CCC(=O)CC(Nc3ccc(C(=O)O)cc3)c3cccc(Cl)c3)ccc2c1. The van der Waals surface area contributed by atoms with E-state index >= 15 is 0 Å². The Hall–Kier alpha value is -3.83. The molecule has 0 aliphatic carbocycles. The van der Waals surface area contributed by atoms with Crippen molar-refractivity contribution in [3.05, 3.63) is 107 Å². The number of carbonyl (C=O) groups is 2. The number of anilines is 1. The van der Waals surface area contributed by atoms with E-state index in [-0.39, 0.29) is 23.8 Å². The minimum Gasteiger partial charge on any atom is -0.497 e. The van der Waals surface area contributed by atoms with Gasteiger partial charge in [-0.05, 0) is 76.9 Å². The van der Waals surface area contributed by atoms with Crippen molar-refractivity contribution in [2.45, 2.75) is 25.3 Å². The maximum absolute atomic E-state index is 13.0. The van der Waals surface area contributed by atoms with E-state index < -0.39 is 5.97 Å². The summed E-state index contributed by atoms with van der Waals surface area (Å²) in [7, 11) is 1.65. The molecule has 0 spiro atoms. The van der Waals surface area contributed by atoms with Gasteiger partial charge in [0.2, 0.25) is 0 Å². The van der Waals surface area contributed by atoms with E-state index in [4.69, 9.17) is 21.4 Å². The van der Waals surface area contributed by atoms with Gasteiger partial charge in [0.15, 0.2) is 0 Å². The number of nitrogens with one attached hydrogen (secondary N) is 1. The molecule has 0 aliphatic rings. The fourth-order valence-corrected chi connectivity index (χ4v) is 4.25. The van der Waals surface area contributed by atoms with Gasteiger partial charge >= 0.3 is 5.97 Å². The van der Waals surface area contributed by atoms with Crippen molar-refractivity contribution in [3.63, 3.8) is 0 Å². The Labute approximate surface area is 209 Å². The van der Waals surface area contributed by atoms with E-state index in [1.807, 2.05) is 42.5 Å². The van der Waals surface area contributed by atoms with Crippen LogP contribution in [0.15, 0.2) is 84.9 Å². The second kappa shape index (κ2) is 11.1. The first-order valence-electron chi connectivity index (χ1n) is 11.3. The topological polar surface area (TPSA) is 75.6 Å². The monoisotopic (exact) mass is 487 g/mol. The highest BCUT2D eigenvalue weighted by atomic mass is 35.5. The molecule has 4 aromatic rings. The lowest BCUT2D eigenvalue weighted by molar-refractivity contribution is -0.119. The summed E-state index contributed by atoms with van der Waals surface area (Å²) in [5.41, 5.74) is 2.94. The van der Waals surface area contributed by atoms with Crippen LogP contribution in [0.4, 0.5) is 5.69 Å². The molecule has 0 aromatic heterocycles. The number of methoxy groups -OCH3 is 1. The molecule has 178 valence electrons. The predicted octanol–water partition coefficient (Wildman–Crippen LogP) is 6.95. The molecule has 0 radical (unpaired) electrons. The average molecular weight is 488 g/mol. The van der Waals surface area contributed by atoms with Crippen LogP contribution in [0.2, 0.25) is 5.02 Å². The van der Waals surface area contributed by atoms with Crippen molar-refractivity contribution < 1.29 is 19.4 Å². The zero-order valence-electron chi connectivity index (χ0n) is 19.3. The molecule has 4 rings (SSSR count). The highest BCUT2D eigenvalue weighted by Crippen LogP contribution is 2.27. The lowest BCUT2D eigenvalue weighted by Crippen LogP contribution is -2.16. The zero-order valence-corrected chi connectivity index (χ0v) is 20.1. The van der Waals surface area contributed by atoms with E-state index in [9.17, 15) is 9.59 Å². The summed E-state index contributed by atoms with van der Waals surface area (Å²) in [6.45, 7) is 0. The fourth-order valence-electron chi connectivity index (χ4n) is 4.06. The van der Waals surface area contributed by atoms with E-state index in [1.165, 1.54) is 12.1 Å². The van der Waals surface area contributed by atoms with Crippen LogP contribution in [0.25, 0.3) is 10.8 Å². The van der Waals surface area contributed by atoms with Crippen molar-refractivity contribution in [2.24, 2.45) is 0 Å². The van der Waals surface area contributed by atoms with Gasteiger partial charge in [-0.25, -0.2) is 4.79 Å².